The molecule has 1 aromatic rings. The predicted octanol–water partition coefficient (Wildman–Crippen LogP) is 3.17. The lowest BCUT2D eigenvalue weighted by Gasteiger charge is -2.34. The molecule has 0 unspecified atom stereocenters. The summed E-state index contributed by atoms with van der Waals surface area (Å²) >= 11 is 0. The minimum Gasteiger partial charge on any atom is -0.355 e. The number of halogens is 1. The van der Waals surface area contributed by atoms with E-state index < -0.39 is 0 Å². The molecule has 4 heteroatoms. The first-order valence-electron chi connectivity index (χ1n) is 7.79. The molecule has 0 radical (unpaired) electrons. The second kappa shape index (κ2) is 9.06. The summed E-state index contributed by atoms with van der Waals surface area (Å²) in [7, 11) is 0. The molecule has 0 heterocycles. The second-order valence-corrected chi connectivity index (χ2v) is 5.88. The Morgan fingerprint density at radius 2 is 1.71 bits per heavy atom. The monoisotopic (exact) mass is 310 g/mol. The Balaban J connectivity index is 0.00000220. The number of carbonyl (C=O) groups is 1. The van der Waals surface area contributed by atoms with Crippen molar-refractivity contribution in [3.63, 3.8) is 0 Å². The number of hydrogen-bond acceptors (Lipinski definition) is 2. The molecule has 0 bridgehead atoms. The molecule has 0 saturated heterocycles. The Kier molecular flexibility index (Phi) is 7.76. The van der Waals surface area contributed by atoms with Crippen molar-refractivity contribution in [2.24, 2.45) is 5.73 Å². The molecule has 3 nitrogen and oxygen atoms in total. The van der Waals surface area contributed by atoms with E-state index in [2.05, 4.69) is 35.6 Å². The molecule has 1 amide bonds. The van der Waals surface area contributed by atoms with Gasteiger partial charge in [-0.05, 0) is 18.4 Å². The Morgan fingerprint density at radius 1 is 1.10 bits per heavy atom. The molecule has 1 aliphatic rings. The first-order chi connectivity index (χ1) is 9.77. The largest absolute Gasteiger partial charge is 0.355 e. The third-order valence-electron chi connectivity index (χ3n) is 4.44. The third kappa shape index (κ3) is 5.01. The summed E-state index contributed by atoms with van der Waals surface area (Å²) in [6, 6.07) is 10.7. The van der Waals surface area contributed by atoms with Crippen LogP contribution in [0.2, 0.25) is 0 Å². The van der Waals surface area contributed by atoms with Crippen molar-refractivity contribution < 1.29 is 4.79 Å². The maximum Gasteiger partial charge on any atom is 0.221 e. The molecule has 1 saturated carbocycles. The molecule has 0 aliphatic heterocycles. The van der Waals surface area contributed by atoms with Crippen LogP contribution in [-0.4, -0.2) is 19.0 Å². The van der Waals surface area contributed by atoms with E-state index in [0.717, 1.165) is 6.54 Å². The van der Waals surface area contributed by atoms with E-state index >= 15 is 0 Å². The van der Waals surface area contributed by atoms with Crippen molar-refractivity contribution in [1.29, 1.82) is 0 Å². The molecular formula is C17H27ClN2O. The molecular weight excluding hydrogens is 284 g/mol. The fourth-order valence-corrected chi connectivity index (χ4v) is 3.25. The number of nitrogens with one attached hydrogen (secondary N) is 1. The Morgan fingerprint density at radius 3 is 2.29 bits per heavy atom. The van der Waals surface area contributed by atoms with Crippen molar-refractivity contribution in [3.8, 4) is 0 Å². The van der Waals surface area contributed by atoms with Gasteiger partial charge >= 0.3 is 0 Å². The van der Waals surface area contributed by atoms with Gasteiger partial charge in [-0.25, -0.2) is 0 Å². The van der Waals surface area contributed by atoms with Crippen molar-refractivity contribution in [2.45, 2.75) is 50.4 Å². The van der Waals surface area contributed by atoms with Crippen LogP contribution in [0, 0.1) is 0 Å². The number of hydrogen-bond donors (Lipinski definition) is 2. The number of carbonyl (C=O) groups excluding carboxylic acids is 1. The maximum absolute atomic E-state index is 11.8. The lowest BCUT2D eigenvalue weighted by molar-refractivity contribution is -0.121. The van der Waals surface area contributed by atoms with Gasteiger partial charge < -0.3 is 11.1 Å². The highest BCUT2D eigenvalue weighted by atomic mass is 35.5. The van der Waals surface area contributed by atoms with Crippen molar-refractivity contribution in [1.82, 2.24) is 5.32 Å². The van der Waals surface area contributed by atoms with Crippen LogP contribution in [0.5, 0.6) is 0 Å². The fourth-order valence-electron chi connectivity index (χ4n) is 3.25. The zero-order valence-corrected chi connectivity index (χ0v) is 13.5. The highest BCUT2D eigenvalue weighted by Crippen LogP contribution is 2.37. The molecule has 0 atom stereocenters. The quantitative estimate of drug-likeness (QED) is 0.821. The van der Waals surface area contributed by atoms with Crippen LogP contribution in [0.15, 0.2) is 30.3 Å². The third-order valence-corrected chi connectivity index (χ3v) is 4.44. The molecule has 1 fully saturated rings. The highest BCUT2D eigenvalue weighted by Gasteiger charge is 2.32. The highest BCUT2D eigenvalue weighted by molar-refractivity contribution is 5.85. The van der Waals surface area contributed by atoms with Gasteiger partial charge in [0, 0.05) is 24.9 Å². The Hall–Kier alpha value is -1.06. The average molecular weight is 311 g/mol. The predicted molar refractivity (Wildman–Crippen MR) is 89.8 cm³/mol. The van der Waals surface area contributed by atoms with Crippen LogP contribution < -0.4 is 11.1 Å². The van der Waals surface area contributed by atoms with Gasteiger partial charge in [-0.15, -0.1) is 12.4 Å². The number of nitrogens with two attached hydrogens (primary N) is 1. The van der Waals surface area contributed by atoms with E-state index in [4.69, 9.17) is 5.73 Å². The van der Waals surface area contributed by atoms with Crippen molar-refractivity contribution in [3.05, 3.63) is 35.9 Å². The van der Waals surface area contributed by atoms with Gasteiger partial charge in [0.1, 0.15) is 0 Å². The fraction of sp³-hybridized carbons (Fsp3) is 0.588. The molecule has 1 aliphatic carbocycles. The van der Waals surface area contributed by atoms with E-state index in [1.165, 1.54) is 44.1 Å². The summed E-state index contributed by atoms with van der Waals surface area (Å²) in [4.78, 5) is 11.8. The molecule has 3 N–H and O–H groups in total. The summed E-state index contributed by atoms with van der Waals surface area (Å²) in [5.41, 5.74) is 6.93. The van der Waals surface area contributed by atoms with Gasteiger partial charge in [-0.2, -0.15) is 0 Å². The lowest BCUT2D eigenvalue weighted by atomic mass is 9.74. The van der Waals surface area contributed by atoms with Crippen LogP contribution >= 0.6 is 12.4 Å². The van der Waals surface area contributed by atoms with E-state index in [9.17, 15) is 4.79 Å². The number of rotatable bonds is 5. The number of amides is 1. The van der Waals surface area contributed by atoms with E-state index in [1.54, 1.807) is 0 Å². The smallest absolute Gasteiger partial charge is 0.221 e. The zero-order chi connectivity index (χ0) is 14.3. The average Bonchev–Trinajstić information content (AvgIpc) is 2.73. The minimum absolute atomic E-state index is 0. The van der Waals surface area contributed by atoms with Crippen LogP contribution in [0.3, 0.4) is 0 Å². The van der Waals surface area contributed by atoms with Gasteiger partial charge in [-0.3, -0.25) is 4.79 Å². The van der Waals surface area contributed by atoms with E-state index in [0.29, 0.717) is 13.0 Å². The van der Waals surface area contributed by atoms with Gasteiger partial charge in [0.15, 0.2) is 0 Å². The normalized spacial score (nSPS) is 17.4. The standard InChI is InChI=1S/C17H26N2O.ClH/c18-13-10-16(20)19-14-17(11-6-1-2-7-12-17)15-8-4-3-5-9-15;/h3-5,8-9H,1-2,6-7,10-14,18H2,(H,19,20);1H. The summed E-state index contributed by atoms with van der Waals surface area (Å²) in [6.45, 7) is 1.17. The van der Waals surface area contributed by atoms with Gasteiger partial charge in [0.2, 0.25) is 5.91 Å². The van der Waals surface area contributed by atoms with E-state index in [-0.39, 0.29) is 23.7 Å². The van der Waals surface area contributed by atoms with Crippen molar-refractivity contribution in [2.75, 3.05) is 13.1 Å². The van der Waals surface area contributed by atoms with Gasteiger partial charge in [-0.1, -0.05) is 56.0 Å². The molecule has 0 spiro atoms. The molecule has 118 valence electrons. The summed E-state index contributed by atoms with van der Waals surface area (Å²) < 4.78 is 0. The summed E-state index contributed by atoms with van der Waals surface area (Å²) in [6.07, 6.45) is 7.88. The van der Waals surface area contributed by atoms with E-state index in [1.807, 2.05) is 0 Å². The topological polar surface area (TPSA) is 55.1 Å². The SMILES string of the molecule is Cl.NCCC(=O)NCC1(c2ccccc2)CCCCCC1. The van der Waals surface area contributed by atoms with Crippen LogP contribution in [-0.2, 0) is 10.2 Å². The summed E-state index contributed by atoms with van der Waals surface area (Å²) in [5.74, 6) is 0.0760. The zero-order valence-electron chi connectivity index (χ0n) is 12.6. The van der Waals surface area contributed by atoms with Gasteiger partial charge in [0.25, 0.3) is 0 Å². The first-order valence-corrected chi connectivity index (χ1v) is 7.79. The molecule has 1 aromatic carbocycles. The summed E-state index contributed by atoms with van der Waals surface area (Å²) in [5, 5.41) is 3.10. The number of benzene rings is 1. The minimum atomic E-state index is 0. The molecule has 0 aromatic heterocycles. The lowest BCUT2D eigenvalue weighted by Crippen LogP contribution is -2.41. The first kappa shape index (κ1) is 18.0. The molecule has 21 heavy (non-hydrogen) atoms. The maximum atomic E-state index is 11.8. The van der Waals surface area contributed by atoms with Crippen LogP contribution in [0.1, 0.15) is 50.5 Å². The van der Waals surface area contributed by atoms with Crippen LogP contribution in [0.4, 0.5) is 0 Å². The van der Waals surface area contributed by atoms with Crippen molar-refractivity contribution >= 4 is 18.3 Å². The Labute approximate surface area is 134 Å². The Bertz CT molecular complexity index is 414. The molecule has 2 rings (SSSR count). The van der Waals surface area contributed by atoms with Crippen LogP contribution in [0.25, 0.3) is 0 Å². The van der Waals surface area contributed by atoms with Gasteiger partial charge in [0.05, 0.1) is 0 Å². The second-order valence-electron chi connectivity index (χ2n) is 5.88.